The Balaban J connectivity index is 2.11. The molecule has 0 aliphatic rings. The first-order valence-corrected chi connectivity index (χ1v) is 11.2. The molecule has 0 aliphatic carbocycles. The Hall–Kier alpha value is -2.23. The van der Waals surface area contributed by atoms with E-state index in [9.17, 15) is 18.0 Å². The zero-order chi connectivity index (χ0) is 20.7. The van der Waals surface area contributed by atoms with Gasteiger partial charge in [-0.2, -0.15) is 0 Å². The maximum absolute atomic E-state index is 13.1. The highest BCUT2D eigenvalue weighted by Crippen LogP contribution is 2.31. The van der Waals surface area contributed by atoms with Crippen LogP contribution < -0.4 is 10.6 Å². The standard InChI is InChI=1S/C19H25N3O4S2/c1-14-6-8-15(9-7-14)28(25,26)17(16-5-4-12-27-16)13-21-19(24)18(23)20-10-11-22(2)3/h4-9,12,17H,10-11,13H2,1-3H3,(H,20,23)(H,21,24). The molecule has 2 amide bonds. The van der Waals surface area contributed by atoms with Crippen LogP contribution in [0.5, 0.6) is 0 Å². The Morgan fingerprint density at radius 3 is 2.29 bits per heavy atom. The summed E-state index contributed by atoms with van der Waals surface area (Å²) in [5.41, 5.74) is 0.953. The highest BCUT2D eigenvalue weighted by molar-refractivity contribution is 7.91. The quantitative estimate of drug-likeness (QED) is 0.625. The second-order valence-corrected chi connectivity index (χ2v) is 9.74. The number of thiophene rings is 1. The van der Waals surface area contributed by atoms with Crippen molar-refractivity contribution in [1.29, 1.82) is 0 Å². The van der Waals surface area contributed by atoms with Crippen LogP contribution in [0.2, 0.25) is 0 Å². The van der Waals surface area contributed by atoms with Gasteiger partial charge < -0.3 is 15.5 Å². The van der Waals surface area contributed by atoms with Crippen LogP contribution >= 0.6 is 11.3 Å². The van der Waals surface area contributed by atoms with Crippen LogP contribution in [0, 0.1) is 6.92 Å². The van der Waals surface area contributed by atoms with E-state index >= 15 is 0 Å². The number of carbonyl (C=O) groups excluding carboxylic acids is 2. The van der Waals surface area contributed by atoms with Crippen molar-refractivity contribution in [3.05, 3.63) is 52.2 Å². The molecule has 2 aromatic rings. The van der Waals surface area contributed by atoms with Crippen molar-refractivity contribution in [3.8, 4) is 0 Å². The van der Waals surface area contributed by atoms with Gasteiger partial charge in [-0.3, -0.25) is 9.59 Å². The predicted octanol–water partition coefficient (Wildman–Crippen LogP) is 1.37. The zero-order valence-electron chi connectivity index (χ0n) is 16.1. The van der Waals surface area contributed by atoms with Gasteiger partial charge in [-0.25, -0.2) is 8.42 Å². The number of benzene rings is 1. The van der Waals surface area contributed by atoms with Gasteiger partial charge in [0.1, 0.15) is 5.25 Å². The Morgan fingerprint density at radius 1 is 1.07 bits per heavy atom. The number of amides is 2. The van der Waals surface area contributed by atoms with E-state index in [4.69, 9.17) is 0 Å². The molecule has 0 bridgehead atoms. The smallest absolute Gasteiger partial charge is 0.309 e. The molecule has 28 heavy (non-hydrogen) atoms. The lowest BCUT2D eigenvalue weighted by Gasteiger charge is -2.17. The minimum Gasteiger partial charge on any atom is -0.347 e. The summed E-state index contributed by atoms with van der Waals surface area (Å²) in [6.45, 7) is 2.62. The lowest BCUT2D eigenvalue weighted by atomic mass is 10.2. The maximum atomic E-state index is 13.1. The molecule has 0 fully saturated rings. The molecule has 1 heterocycles. The van der Waals surface area contributed by atoms with Crippen LogP contribution in [0.4, 0.5) is 0 Å². The summed E-state index contributed by atoms with van der Waals surface area (Å²) >= 11 is 1.30. The number of hydrogen-bond acceptors (Lipinski definition) is 6. The van der Waals surface area contributed by atoms with Gasteiger partial charge >= 0.3 is 11.8 Å². The van der Waals surface area contributed by atoms with E-state index in [0.29, 0.717) is 18.0 Å². The molecule has 1 atom stereocenters. The van der Waals surface area contributed by atoms with Gasteiger partial charge in [0.05, 0.1) is 4.90 Å². The van der Waals surface area contributed by atoms with E-state index in [1.165, 1.54) is 11.3 Å². The molecule has 7 nitrogen and oxygen atoms in total. The molecule has 2 rings (SSSR count). The Morgan fingerprint density at radius 2 is 1.71 bits per heavy atom. The molecular weight excluding hydrogens is 398 g/mol. The van der Waals surface area contributed by atoms with Crippen LogP contribution in [0.15, 0.2) is 46.7 Å². The molecule has 152 valence electrons. The van der Waals surface area contributed by atoms with Gasteiger partial charge in [-0.15, -0.1) is 11.3 Å². The fraction of sp³-hybridized carbons (Fsp3) is 0.368. The summed E-state index contributed by atoms with van der Waals surface area (Å²) in [6.07, 6.45) is 0. The number of nitrogens with zero attached hydrogens (tertiary/aromatic N) is 1. The van der Waals surface area contributed by atoms with Crippen LogP contribution in [0.25, 0.3) is 0 Å². The zero-order valence-corrected chi connectivity index (χ0v) is 17.8. The van der Waals surface area contributed by atoms with E-state index in [1.807, 2.05) is 25.9 Å². The van der Waals surface area contributed by atoms with Crippen molar-refractivity contribution >= 4 is 33.0 Å². The number of aryl methyl sites for hydroxylation is 1. The summed E-state index contributed by atoms with van der Waals surface area (Å²) in [5, 5.41) is 5.78. The third-order valence-electron chi connectivity index (χ3n) is 4.08. The largest absolute Gasteiger partial charge is 0.347 e. The average molecular weight is 424 g/mol. The van der Waals surface area contributed by atoms with Crippen LogP contribution in [0.1, 0.15) is 15.7 Å². The van der Waals surface area contributed by atoms with Crippen LogP contribution in [-0.4, -0.2) is 58.9 Å². The molecule has 0 spiro atoms. The Bertz CT molecular complexity index is 892. The maximum Gasteiger partial charge on any atom is 0.309 e. The predicted molar refractivity (Wildman–Crippen MR) is 110 cm³/mol. The van der Waals surface area contributed by atoms with Gasteiger partial charge in [0.25, 0.3) is 0 Å². The number of rotatable bonds is 8. The van der Waals surface area contributed by atoms with E-state index in [1.54, 1.807) is 41.8 Å². The van der Waals surface area contributed by atoms with E-state index in [2.05, 4.69) is 10.6 Å². The number of hydrogen-bond donors (Lipinski definition) is 2. The molecule has 2 N–H and O–H groups in total. The van der Waals surface area contributed by atoms with Gasteiger partial charge in [0.15, 0.2) is 9.84 Å². The van der Waals surface area contributed by atoms with E-state index in [0.717, 1.165) is 5.56 Å². The highest BCUT2D eigenvalue weighted by Gasteiger charge is 2.31. The van der Waals surface area contributed by atoms with Gasteiger partial charge in [-0.05, 0) is 44.6 Å². The van der Waals surface area contributed by atoms with Gasteiger partial charge in [0.2, 0.25) is 0 Å². The lowest BCUT2D eigenvalue weighted by molar-refractivity contribution is -0.139. The second kappa shape index (κ2) is 9.81. The number of carbonyl (C=O) groups is 2. The van der Waals surface area contributed by atoms with Crippen molar-refractivity contribution in [2.45, 2.75) is 17.1 Å². The number of likely N-dealkylation sites (N-methyl/N-ethyl adjacent to an activating group) is 1. The van der Waals surface area contributed by atoms with Crippen molar-refractivity contribution in [3.63, 3.8) is 0 Å². The second-order valence-electron chi connectivity index (χ2n) is 6.63. The molecule has 9 heteroatoms. The molecule has 0 saturated heterocycles. The minimum absolute atomic E-state index is 0.182. The van der Waals surface area contributed by atoms with Crippen LogP contribution in [0.3, 0.4) is 0 Å². The molecule has 1 aromatic carbocycles. The third-order valence-corrected chi connectivity index (χ3v) is 7.32. The van der Waals surface area contributed by atoms with Gasteiger partial charge in [0, 0.05) is 24.5 Å². The summed E-state index contributed by atoms with van der Waals surface area (Å²) < 4.78 is 26.2. The van der Waals surface area contributed by atoms with E-state index < -0.39 is 26.9 Å². The molecule has 1 aromatic heterocycles. The summed E-state index contributed by atoms with van der Waals surface area (Å²) in [7, 11) is -0.0231. The highest BCUT2D eigenvalue weighted by atomic mass is 32.2. The molecular formula is C19H25N3O4S2. The van der Waals surface area contributed by atoms with Crippen molar-refractivity contribution in [1.82, 2.24) is 15.5 Å². The Kier molecular flexibility index (Phi) is 7.73. The molecule has 0 saturated carbocycles. The van der Waals surface area contributed by atoms with Gasteiger partial charge in [-0.1, -0.05) is 23.8 Å². The first kappa shape index (κ1) is 22.1. The fourth-order valence-corrected chi connectivity index (χ4v) is 5.25. The molecule has 0 aliphatic heterocycles. The third kappa shape index (κ3) is 5.88. The first-order chi connectivity index (χ1) is 13.2. The monoisotopic (exact) mass is 423 g/mol. The van der Waals surface area contributed by atoms with Crippen LogP contribution in [-0.2, 0) is 19.4 Å². The summed E-state index contributed by atoms with van der Waals surface area (Å²) in [5.74, 6) is -1.63. The summed E-state index contributed by atoms with van der Waals surface area (Å²) in [4.78, 5) is 26.6. The molecule has 1 unspecified atom stereocenters. The normalized spacial score (nSPS) is 12.6. The first-order valence-electron chi connectivity index (χ1n) is 8.76. The van der Waals surface area contributed by atoms with Crippen molar-refractivity contribution < 1.29 is 18.0 Å². The molecule has 0 radical (unpaired) electrons. The fourth-order valence-electron chi connectivity index (χ4n) is 2.47. The lowest BCUT2D eigenvalue weighted by Crippen LogP contribution is -2.43. The number of nitrogens with one attached hydrogen (secondary N) is 2. The topological polar surface area (TPSA) is 95.6 Å². The Labute approximate surface area is 169 Å². The minimum atomic E-state index is -3.73. The number of sulfone groups is 1. The van der Waals surface area contributed by atoms with Crippen molar-refractivity contribution in [2.24, 2.45) is 0 Å². The SMILES string of the molecule is Cc1ccc(S(=O)(=O)C(CNC(=O)C(=O)NCCN(C)C)c2cccs2)cc1. The van der Waals surface area contributed by atoms with E-state index in [-0.39, 0.29) is 11.4 Å². The average Bonchev–Trinajstić information content (AvgIpc) is 3.15. The summed E-state index contributed by atoms with van der Waals surface area (Å²) in [6, 6.07) is 10.0. The van der Waals surface area contributed by atoms with Crippen molar-refractivity contribution in [2.75, 3.05) is 33.7 Å².